The Hall–Kier alpha value is -1.42. The summed E-state index contributed by atoms with van der Waals surface area (Å²) in [5.41, 5.74) is 8.42. The summed E-state index contributed by atoms with van der Waals surface area (Å²) in [5.74, 6) is -0.616. The highest BCUT2D eigenvalue weighted by atomic mass is 32.1. The maximum absolute atomic E-state index is 11.7. The molecule has 1 atom stereocenters. The monoisotopic (exact) mass is 236 g/mol. The van der Waals surface area contributed by atoms with Gasteiger partial charge in [0.25, 0.3) is 0 Å². The Morgan fingerprint density at radius 2 is 2.06 bits per heavy atom. The molecular formula is C12H16N2OS. The highest BCUT2D eigenvalue weighted by Crippen LogP contribution is 2.16. The Bertz CT molecular complexity index is 429. The van der Waals surface area contributed by atoms with Crippen LogP contribution in [0.15, 0.2) is 18.2 Å². The third kappa shape index (κ3) is 3.03. The fraction of sp³-hybridized carbons (Fsp3) is 0.333. The summed E-state index contributed by atoms with van der Waals surface area (Å²) in [6.07, 6.45) is 0. The number of thiocarbonyl (C=S) groups is 1. The van der Waals surface area contributed by atoms with E-state index in [0.717, 1.165) is 16.8 Å². The molecule has 0 aromatic heterocycles. The van der Waals surface area contributed by atoms with Gasteiger partial charge in [-0.3, -0.25) is 4.79 Å². The molecule has 1 amide bonds. The molecule has 0 saturated carbocycles. The highest BCUT2D eigenvalue weighted by molar-refractivity contribution is 7.80. The highest BCUT2D eigenvalue weighted by Gasteiger charge is 2.16. The molecule has 0 bridgehead atoms. The second-order valence-electron chi connectivity index (χ2n) is 3.93. The van der Waals surface area contributed by atoms with Gasteiger partial charge in [-0.15, -0.1) is 0 Å². The Labute approximate surface area is 101 Å². The van der Waals surface area contributed by atoms with Crippen LogP contribution in [0.4, 0.5) is 5.69 Å². The molecule has 3 nitrogen and oxygen atoms in total. The molecule has 1 unspecified atom stereocenters. The van der Waals surface area contributed by atoms with Gasteiger partial charge in [-0.05, 0) is 32.4 Å². The van der Waals surface area contributed by atoms with E-state index in [9.17, 15) is 4.79 Å². The smallest absolute Gasteiger partial charge is 0.234 e. The molecule has 16 heavy (non-hydrogen) atoms. The van der Waals surface area contributed by atoms with Crippen molar-refractivity contribution in [2.24, 2.45) is 11.7 Å². The molecule has 0 heterocycles. The van der Waals surface area contributed by atoms with Gasteiger partial charge in [0.1, 0.15) is 0 Å². The summed E-state index contributed by atoms with van der Waals surface area (Å²) in [6, 6.07) is 5.85. The van der Waals surface area contributed by atoms with Crippen molar-refractivity contribution in [3.63, 3.8) is 0 Å². The summed E-state index contributed by atoms with van der Waals surface area (Å²) < 4.78 is 0. The summed E-state index contributed by atoms with van der Waals surface area (Å²) in [4.78, 5) is 11.9. The van der Waals surface area contributed by atoms with Gasteiger partial charge in [0.15, 0.2) is 0 Å². The van der Waals surface area contributed by atoms with Crippen molar-refractivity contribution in [3.05, 3.63) is 29.3 Å². The molecule has 1 aromatic carbocycles. The number of aryl methyl sites for hydroxylation is 2. The van der Waals surface area contributed by atoms with Gasteiger partial charge in [0.05, 0.1) is 10.9 Å². The molecule has 0 radical (unpaired) electrons. The predicted octanol–water partition coefficient (Wildman–Crippen LogP) is 2.16. The number of nitrogens with one attached hydrogen (secondary N) is 1. The largest absolute Gasteiger partial charge is 0.393 e. The van der Waals surface area contributed by atoms with Crippen molar-refractivity contribution < 1.29 is 4.79 Å². The van der Waals surface area contributed by atoms with Crippen molar-refractivity contribution in [3.8, 4) is 0 Å². The summed E-state index contributed by atoms with van der Waals surface area (Å²) in [6.45, 7) is 5.66. The third-order valence-corrected chi connectivity index (χ3v) is 2.81. The van der Waals surface area contributed by atoms with E-state index in [0.29, 0.717) is 0 Å². The van der Waals surface area contributed by atoms with E-state index in [1.807, 2.05) is 32.0 Å². The first kappa shape index (κ1) is 12.6. The summed E-state index contributed by atoms with van der Waals surface area (Å²) in [5, 5.41) is 2.81. The van der Waals surface area contributed by atoms with E-state index in [1.54, 1.807) is 6.92 Å². The Morgan fingerprint density at radius 1 is 1.44 bits per heavy atom. The molecule has 0 spiro atoms. The zero-order valence-corrected chi connectivity index (χ0v) is 10.5. The molecule has 1 aromatic rings. The van der Waals surface area contributed by atoms with Gasteiger partial charge in [0, 0.05) is 5.69 Å². The van der Waals surface area contributed by atoms with Gasteiger partial charge in [-0.2, -0.15) is 0 Å². The molecule has 0 aliphatic rings. The minimum Gasteiger partial charge on any atom is -0.393 e. The van der Waals surface area contributed by atoms with Crippen LogP contribution in [0, 0.1) is 19.8 Å². The van der Waals surface area contributed by atoms with Crippen LogP contribution in [-0.2, 0) is 4.79 Å². The first-order chi connectivity index (χ1) is 7.41. The zero-order chi connectivity index (χ0) is 12.3. The first-order valence-corrected chi connectivity index (χ1v) is 5.50. The second-order valence-corrected chi connectivity index (χ2v) is 4.40. The quantitative estimate of drug-likeness (QED) is 0.791. The number of hydrogen-bond acceptors (Lipinski definition) is 2. The van der Waals surface area contributed by atoms with Gasteiger partial charge in [0.2, 0.25) is 5.91 Å². The zero-order valence-electron chi connectivity index (χ0n) is 9.70. The van der Waals surface area contributed by atoms with Gasteiger partial charge in [-0.25, -0.2) is 0 Å². The van der Waals surface area contributed by atoms with Crippen molar-refractivity contribution in [1.82, 2.24) is 0 Å². The van der Waals surface area contributed by atoms with Crippen molar-refractivity contribution in [2.45, 2.75) is 20.8 Å². The maximum atomic E-state index is 11.7. The van der Waals surface area contributed by atoms with Crippen molar-refractivity contribution in [1.29, 1.82) is 0 Å². The van der Waals surface area contributed by atoms with Gasteiger partial charge < -0.3 is 11.1 Å². The molecule has 0 saturated heterocycles. The molecule has 1 rings (SSSR count). The normalized spacial score (nSPS) is 11.9. The van der Waals surface area contributed by atoms with Crippen LogP contribution in [-0.4, -0.2) is 10.9 Å². The number of carbonyl (C=O) groups excluding carboxylic acids is 1. The van der Waals surface area contributed by atoms with Crippen LogP contribution < -0.4 is 11.1 Å². The minimum absolute atomic E-state index is 0.167. The lowest BCUT2D eigenvalue weighted by molar-refractivity contribution is -0.117. The van der Waals surface area contributed by atoms with Crippen LogP contribution in [0.5, 0.6) is 0 Å². The van der Waals surface area contributed by atoms with Gasteiger partial charge in [-0.1, -0.05) is 29.9 Å². The van der Waals surface area contributed by atoms with E-state index in [1.165, 1.54) is 0 Å². The van der Waals surface area contributed by atoms with Crippen molar-refractivity contribution in [2.75, 3.05) is 5.32 Å². The van der Waals surface area contributed by atoms with E-state index < -0.39 is 5.92 Å². The third-order valence-electron chi connectivity index (χ3n) is 2.46. The number of rotatable bonds is 3. The SMILES string of the molecule is Cc1ccc(NC(=O)C(C)C(N)=S)c(C)c1. The number of amides is 1. The summed E-state index contributed by atoms with van der Waals surface area (Å²) >= 11 is 4.78. The lowest BCUT2D eigenvalue weighted by atomic mass is 10.1. The van der Waals surface area contributed by atoms with Crippen LogP contribution in [0.25, 0.3) is 0 Å². The van der Waals surface area contributed by atoms with Crippen LogP contribution >= 0.6 is 12.2 Å². The Morgan fingerprint density at radius 3 is 2.56 bits per heavy atom. The van der Waals surface area contributed by atoms with Crippen LogP contribution in [0.2, 0.25) is 0 Å². The molecule has 0 aliphatic carbocycles. The minimum atomic E-state index is -0.448. The molecule has 3 N–H and O–H groups in total. The number of carbonyl (C=O) groups is 1. The average Bonchev–Trinajstić information content (AvgIpc) is 2.20. The van der Waals surface area contributed by atoms with E-state index in [-0.39, 0.29) is 10.9 Å². The number of hydrogen-bond donors (Lipinski definition) is 2. The lowest BCUT2D eigenvalue weighted by Crippen LogP contribution is -2.31. The second kappa shape index (κ2) is 5.07. The van der Waals surface area contributed by atoms with E-state index in [2.05, 4.69) is 5.32 Å². The molecule has 86 valence electrons. The van der Waals surface area contributed by atoms with E-state index >= 15 is 0 Å². The van der Waals surface area contributed by atoms with Gasteiger partial charge >= 0.3 is 0 Å². The molecule has 0 aliphatic heterocycles. The fourth-order valence-corrected chi connectivity index (χ4v) is 1.43. The summed E-state index contributed by atoms with van der Waals surface area (Å²) in [7, 11) is 0. The predicted molar refractivity (Wildman–Crippen MR) is 70.5 cm³/mol. The van der Waals surface area contributed by atoms with Crippen LogP contribution in [0.1, 0.15) is 18.1 Å². The number of benzene rings is 1. The fourth-order valence-electron chi connectivity index (χ4n) is 1.32. The first-order valence-electron chi connectivity index (χ1n) is 5.09. The molecular weight excluding hydrogens is 220 g/mol. The van der Waals surface area contributed by atoms with Crippen LogP contribution in [0.3, 0.4) is 0 Å². The Kier molecular flexibility index (Phi) is 4.01. The number of anilines is 1. The van der Waals surface area contributed by atoms with Crippen molar-refractivity contribution >= 4 is 28.8 Å². The molecule has 4 heteroatoms. The maximum Gasteiger partial charge on any atom is 0.234 e. The number of nitrogens with two attached hydrogens (primary N) is 1. The topological polar surface area (TPSA) is 55.1 Å². The molecule has 0 fully saturated rings. The lowest BCUT2D eigenvalue weighted by Gasteiger charge is -2.12. The Balaban J connectivity index is 2.81. The standard InChI is InChI=1S/C12H16N2OS/c1-7-4-5-10(8(2)6-7)14-12(15)9(3)11(13)16/h4-6,9H,1-3H3,(H2,13,16)(H,14,15). The van der Waals surface area contributed by atoms with E-state index in [4.69, 9.17) is 18.0 Å². The average molecular weight is 236 g/mol.